The normalized spacial score (nSPS) is 28.9. The number of ether oxygens (including phenoxy) is 1. The molecule has 2 aliphatic heterocycles. The maximum absolute atomic E-state index is 12.8. The fourth-order valence-electron chi connectivity index (χ4n) is 4.19. The zero-order valence-corrected chi connectivity index (χ0v) is 15.9. The summed E-state index contributed by atoms with van der Waals surface area (Å²) in [6.07, 6.45) is 6.03. The van der Waals surface area contributed by atoms with Gasteiger partial charge in [0.25, 0.3) is 5.91 Å². The van der Waals surface area contributed by atoms with Crippen LogP contribution in [0.3, 0.4) is 0 Å². The van der Waals surface area contributed by atoms with Crippen molar-refractivity contribution >= 4 is 5.91 Å². The van der Waals surface area contributed by atoms with Gasteiger partial charge in [-0.15, -0.1) is 0 Å². The number of nitrogens with zero attached hydrogens (tertiary/aromatic N) is 5. The zero-order valence-electron chi connectivity index (χ0n) is 15.9. The van der Waals surface area contributed by atoms with Crippen molar-refractivity contribution < 1.29 is 9.53 Å². The first-order chi connectivity index (χ1) is 12.0. The third kappa shape index (κ3) is 4.22. The smallest absolute Gasteiger partial charge is 0.252 e. The predicted octanol–water partition coefficient (Wildman–Crippen LogP) is 0.592. The number of hydrogen-bond acceptors (Lipinski definition) is 5. The van der Waals surface area contributed by atoms with Crippen molar-refractivity contribution in [3.05, 3.63) is 18.0 Å². The molecule has 0 N–H and O–H groups in total. The molecule has 0 spiro atoms. The molecule has 3 atom stereocenters. The number of amides is 1. The lowest BCUT2D eigenvalue weighted by molar-refractivity contribution is -0.148. The molecule has 2 saturated heterocycles. The molecule has 1 aromatic rings. The third-order valence-corrected chi connectivity index (χ3v) is 5.50. The van der Waals surface area contributed by atoms with Crippen LogP contribution in [0.2, 0.25) is 0 Å². The number of aryl methyl sites for hydroxylation is 1. The van der Waals surface area contributed by atoms with Crippen molar-refractivity contribution in [3.8, 4) is 0 Å². The average Bonchev–Trinajstić information content (AvgIpc) is 3.00. The molecule has 0 bridgehead atoms. The topological polar surface area (TPSA) is 53.8 Å². The molecule has 0 aromatic carbocycles. The van der Waals surface area contributed by atoms with Crippen LogP contribution in [0.15, 0.2) is 12.4 Å². The molecule has 7 nitrogen and oxygen atoms in total. The minimum atomic E-state index is -0.332. The highest BCUT2D eigenvalue weighted by molar-refractivity contribution is 5.81. The van der Waals surface area contributed by atoms with Crippen molar-refractivity contribution in [1.29, 1.82) is 0 Å². The summed E-state index contributed by atoms with van der Waals surface area (Å²) in [5.41, 5.74) is 1.24. The predicted molar refractivity (Wildman–Crippen MR) is 96.2 cm³/mol. The third-order valence-electron chi connectivity index (χ3n) is 5.50. The fourth-order valence-corrected chi connectivity index (χ4v) is 4.19. The van der Waals surface area contributed by atoms with Crippen molar-refractivity contribution in [2.75, 3.05) is 53.9 Å². The van der Waals surface area contributed by atoms with Crippen molar-refractivity contribution in [2.45, 2.75) is 25.0 Å². The van der Waals surface area contributed by atoms with Gasteiger partial charge in [0, 0.05) is 51.5 Å². The van der Waals surface area contributed by atoms with Crippen molar-refractivity contribution in [2.24, 2.45) is 13.0 Å². The summed E-state index contributed by atoms with van der Waals surface area (Å²) in [7, 11) is 8.07. The lowest BCUT2D eigenvalue weighted by atomic mass is 9.85. The van der Waals surface area contributed by atoms with E-state index in [4.69, 9.17) is 4.74 Å². The van der Waals surface area contributed by atoms with Gasteiger partial charge < -0.3 is 14.5 Å². The van der Waals surface area contributed by atoms with Crippen LogP contribution in [-0.4, -0.2) is 90.4 Å². The highest BCUT2D eigenvalue weighted by Gasteiger charge is 2.34. The molecular weight excluding hydrogens is 318 g/mol. The molecule has 0 unspecified atom stereocenters. The number of carbonyl (C=O) groups is 1. The van der Waals surface area contributed by atoms with Gasteiger partial charge in [0.05, 0.1) is 12.8 Å². The van der Waals surface area contributed by atoms with Gasteiger partial charge >= 0.3 is 0 Å². The van der Waals surface area contributed by atoms with Crippen LogP contribution in [-0.2, 0) is 16.6 Å². The van der Waals surface area contributed by atoms with E-state index in [0.717, 1.165) is 26.1 Å². The van der Waals surface area contributed by atoms with Gasteiger partial charge in [0.1, 0.15) is 6.10 Å². The van der Waals surface area contributed by atoms with Crippen LogP contribution >= 0.6 is 0 Å². The lowest BCUT2D eigenvalue weighted by Gasteiger charge is -2.41. The monoisotopic (exact) mass is 349 g/mol. The van der Waals surface area contributed by atoms with Crippen LogP contribution in [0.1, 0.15) is 24.4 Å². The minimum Gasteiger partial charge on any atom is -0.366 e. The Labute approximate surface area is 150 Å². The summed E-state index contributed by atoms with van der Waals surface area (Å²) in [6, 6.07) is 0.313. The molecule has 7 heteroatoms. The van der Waals surface area contributed by atoms with E-state index in [1.807, 2.05) is 36.9 Å². The van der Waals surface area contributed by atoms with E-state index < -0.39 is 0 Å². The van der Waals surface area contributed by atoms with Gasteiger partial charge in [-0.05, 0) is 39.4 Å². The molecule has 2 fully saturated rings. The van der Waals surface area contributed by atoms with E-state index >= 15 is 0 Å². The average molecular weight is 349 g/mol. The van der Waals surface area contributed by atoms with Crippen LogP contribution in [0, 0.1) is 5.92 Å². The Morgan fingerprint density at radius 2 is 2.16 bits per heavy atom. The molecule has 0 aliphatic carbocycles. The van der Waals surface area contributed by atoms with E-state index in [1.165, 1.54) is 12.0 Å². The molecule has 2 aliphatic rings. The first-order valence-corrected chi connectivity index (χ1v) is 9.19. The summed E-state index contributed by atoms with van der Waals surface area (Å²) in [6.45, 7) is 4.05. The Kier molecular flexibility index (Phi) is 5.76. The Hall–Kier alpha value is -1.44. The van der Waals surface area contributed by atoms with Gasteiger partial charge in [0.2, 0.25) is 0 Å². The number of carbonyl (C=O) groups excluding carboxylic acids is 1. The quantitative estimate of drug-likeness (QED) is 0.796. The molecule has 140 valence electrons. The summed E-state index contributed by atoms with van der Waals surface area (Å²) in [5.74, 6) is 0.517. The number of rotatable bonds is 4. The summed E-state index contributed by atoms with van der Waals surface area (Å²) < 4.78 is 7.56. The summed E-state index contributed by atoms with van der Waals surface area (Å²) in [4.78, 5) is 19.2. The second-order valence-corrected chi connectivity index (χ2v) is 7.62. The van der Waals surface area contributed by atoms with Gasteiger partial charge in [-0.2, -0.15) is 5.10 Å². The van der Waals surface area contributed by atoms with Crippen LogP contribution in [0.4, 0.5) is 0 Å². The Balaban J connectivity index is 1.67. The first-order valence-electron chi connectivity index (χ1n) is 9.19. The highest BCUT2D eigenvalue weighted by atomic mass is 16.5. The van der Waals surface area contributed by atoms with Gasteiger partial charge in [-0.1, -0.05) is 0 Å². The maximum atomic E-state index is 12.8. The second-order valence-electron chi connectivity index (χ2n) is 7.62. The number of aromatic nitrogens is 2. The van der Waals surface area contributed by atoms with E-state index in [0.29, 0.717) is 25.1 Å². The van der Waals surface area contributed by atoms with Gasteiger partial charge in [0.15, 0.2) is 0 Å². The molecule has 3 heterocycles. The van der Waals surface area contributed by atoms with Gasteiger partial charge in [-0.3, -0.25) is 14.4 Å². The number of likely N-dealkylation sites (N-methyl/N-ethyl adjacent to an activating group) is 2. The number of piperidine rings is 1. The van der Waals surface area contributed by atoms with E-state index in [2.05, 4.69) is 28.1 Å². The molecule has 1 aromatic heterocycles. The minimum absolute atomic E-state index is 0.102. The second kappa shape index (κ2) is 7.85. The van der Waals surface area contributed by atoms with E-state index in [-0.39, 0.29) is 12.0 Å². The number of hydrogen-bond donors (Lipinski definition) is 0. The van der Waals surface area contributed by atoms with Crippen molar-refractivity contribution in [1.82, 2.24) is 24.5 Å². The molecular formula is C18H31N5O2. The molecule has 0 saturated carbocycles. The summed E-state index contributed by atoms with van der Waals surface area (Å²) >= 11 is 0. The highest BCUT2D eigenvalue weighted by Crippen LogP contribution is 2.35. The number of likely N-dealkylation sites (tertiary alicyclic amines) is 1. The molecule has 3 rings (SSSR count). The first kappa shape index (κ1) is 18.4. The Morgan fingerprint density at radius 1 is 1.36 bits per heavy atom. The fraction of sp³-hybridized carbons (Fsp3) is 0.778. The lowest BCUT2D eigenvalue weighted by Crippen LogP contribution is -2.50. The standard InChI is InChI=1S/C18H31N5O2/c1-20-8-9-25-16(13-20)18(24)22(3)11-14-6-5-7-21(2)17(14)15-10-19-23(4)12-15/h10,12,14,16-17H,5-9,11,13H2,1-4H3/t14-,16-,17+/m0/s1. The van der Waals surface area contributed by atoms with Crippen LogP contribution < -0.4 is 0 Å². The van der Waals surface area contributed by atoms with E-state index in [1.54, 1.807) is 0 Å². The van der Waals surface area contributed by atoms with Crippen LogP contribution in [0.25, 0.3) is 0 Å². The Morgan fingerprint density at radius 3 is 2.84 bits per heavy atom. The Bertz CT molecular complexity index is 590. The SMILES string of the molecule is CN1CCO[C@H](C(=O)N(C)C[C@@H]2CCCN(C)[C@H]2c2cnn(C)c2)C1. The maximum Gasteiger partial charge on any atom is 0.252 e. The number of morpholine rings is 1. The van der Waals surface area contributed by atoms with Crippen LogP contribution in [0.5, 0.6) is 0 Å². The largest absolute Gasteiger partial charge is 0.366 e. The van der Waals surface area contributed by atoms with Crippen molar-refractivity contribution in [3.63, 3.8) is 0 Å². The summed E-state index contributed by atoms with van der Waals surface area (Å²) in [5, 5.41) is 4.34. The zero-order chi connectivity index (χ0) is 18.0. The van der Waals surface area contributed by atoms with E-state index in [9.17, 15) is 4.79 Å². The molecule has 1 amide bonds. The van der Waals surface area contributed by atoms with Gasteiger partial charge in [-0.25, -0.2) is 0 Å². The molecule has 0 radical (unpaired) electrons. The molecule has 25 heavy (non-hydrogen) atoms.